The van der Waals surface area contributed by atoms with Gasteiger partial charge in [-0.3, -0.25) is 0 Å². The van der Waals surface area contributed by atoms with E-state index >= 15 is 0 Å². The Kier molecular flexibility index (Phi) is 4.45. The van der Waals surface area contributed by atoms with Crippen LogP contribution in [0.25, 0.3) is 0 Å². The Morgan fingerprint density at radius 3 is 2.27 bits per heavy atom. The number of piperidine rings is 2. The van der Waals surface area contributed by atoms with Gasteiger partial charge in [0.15, 0.2) is 0 Å². The Balaban J connectivity index is 1.63. The van der Waals surface area contributed by atoms with Crippen molar-refractivity contribution in [1.82, 2.24) is 9.80 Å². The third-order valence-electron chi connectivity index (χ3n) is 3.92. The molecule has 2 rings (SSSR count). The Bertz CT molecular complexity index is 175. The molecule has 0 spiro atoms. The molecule has 1 atom stereocenters. The monoisotopic (exact) mass is 210 g/mol. The Hall–Kier alpha value is -0.0800. The normalized spacial score (nSPS) is 30.6. The zero-order valence-electron chi connectivity index (χ0n) is 10.2. The van der Waals surface area contributed by atoms with Crippen LogP contribution in [-0.4, -0.2) is 49.1 Å². The van der Waals surface area contributed by atoms with E-state index in [1.165, 1.54) is 71.4 Å². The lowest BCUT2D eigenvalue weighted by Gasteiger charge is -2.34. The van der Waals surface area contributed by atoms with Gasteiger partial charge in [-0.05, 0) is 51.2 Å². The van der Waals surface area contributed by atoms with Gasteiger partial charge in [0.25, 0.3) is 0 Å². The zero-order valence-corrected chi connectivity index (χ0v) is 10.2. The topological polar surface area (TPSA) is 6.48 Å². The lowest BCUT2D eigenvalue weighted by atomic mass is 10.0. The van der Waals surface area contributed by atoms with E-state index in [1.807, 2.05) is 0 Å². The Labute approximate surface area is 94.6 Å². The molecule has 2 nitrogen and oxygen atoms in total. The van der Waals surface area contributed by atoms with Crippen LogP contribution in [0.4, 0.5) is 0 Å². The van der Waals surface area contributed by atoms with Gasteiger partial charge in [-0.2, -0.15) is 0 Å². The molecule has 0 amide bonds. The summed E-state index contributed by atoms with van der Waals surface area (Å²) in [6.45, 7) is 10.4. The van der Waals surface area contributed by atoms with Crippen LogP contribution in [0.15, 0.2) is 0 Å². The smallest absolute Gasteiger partial charge is 0.0109 e. The van der Waals surface area contributed by atoms with Gasteiger partial charge >= 0.3 is 0 Å². The van der Waals surface area contributed by atoms with E-state index in [0.717, 1.165) is 5.92 Å². The van der Waals surface area contributed by atoms with E-state index < -0.39 is 0 Å². The molecular weight excluding hydrogens is 184 g/mol. The molecule has 2 heterocycles. The van der Waals surface area contributed by atoms with Crippen molar-refractivity contribution in [3.8, 4) is 0 Å². The largest absolute Gasteiger partial charge is 0.302 e. The quantitative estimate of drug-likeness (QED) is 0.704. The minimum absolute atomic E-state index is 0.931. The lowest BCUT2D eigenvalue weighted by Crippen LogP contribution is -2.41. The first kappa shape index (κ1) is 11.4. The molecule has 0 bridgehead atoms. The Morgan fingerprint density at radius 1 is 0.867 bits per heavy atom. The van der Waals surface area contributed by atoms with Crippen LogP contribution in [0.2, 0.25) is 0 Å². The predicted octanol–water partition coefficient (Wildman–Crippen LogP) is 2.20. The van der Waals surface area contributed by atoms with Crippen LogP contribution < -0.4 is 0 Å². The van der Waals surface area contributed by atoms with Gasteiger partial charge in [0.1, 0.15) is 0 Å². The van der Waals surface area contributed by atoms with Crippen LogP contribution in [-0.2, 0) is 0 Å². The second kappa shape index (κ2) is 5.86. The fourth-order valence-corrected chi connectivity index (χ4v) is 2.96. The number of nitrogens with zero attached hydrogens (tertiary/aromatic N) is 2. The van der Waals surface area contributed by atoms with Crippen molar-refractivity contribution in [1.29, 1.82) is 0 Å². The van der Waals surface area contributed by atoms with Crippen molar-refractivity contribution in [2.45, 2.75) is 39.0 Å². The molecule has 0 aromatic heterocycles. The van der Waals surface area contributed by atoms with E-state index in [0.29, 0.717) is 0 Å². The van der Waals surface area contributed by atoms with E-state index in [9.17, 15) is 0 Å². The van der Waals surface area contributed by atoms with E-state index in [1.54, 1.807) is 0 Å². The van der Waals surface area contributed by atoms with Crippen molar-refractivity contribution in [3.05, 3.63) is 0 Å². The van der Waals surface area contributed by atoms with Gasteiger partial charge in [-0.25, -0.2) is 0 Å². The van der Waals surface area contributed by atoms with Gasteiger partial charge in [-0.1, -0.05) is 13.3 Å². The molecule has 0 N–H and O–H groups in total. The standard InChI is InChI=1S/C13H26N2/c1-13-6-5-9-15(12-13)11-10-14-7-3-2-4-8-14/h13H,2-12H2,1H3. The van der Waals surface area contributed by atoms with Crippen LogP contribution in [0.3, 0.4) is 0 Å². The molecule has 0 radical (unpaired) electrons. The first-order valence-corrected chi connectivity index (χ1v) is 6.79. The molecule has 88 valence electrons. The van der Waals surface area contributed by atoms with Gasteiger partial charge in [0.05, 0.1) is 0 Å². The molecule has 1 unspecified atom stereocenters. The van der Waals surface area contributed by atoms with Crippen LogP contribution in [0.5, 0.6) is 0 Å². The lowest BCUT2D eigenvalue weighted by molar-refractivity contribution is 0.144. The van der Waals surface area contributed by atoms with Gasteiger partial charge < -0.3 is 9.80 Å². The first-order chi connectivity index (χ1) is 7.34. The average Bonchev–Trinajstić information content (AvgIpc) is 2.28. The molecule has 2 aliphatic rings. The summed E-state index contributed by atoms with van der Waals surface area (Å²) < 4.78 is 0. The highest BCUT2D eigenvalue weighted by atomic mass is 15.2. The van der Waals surface area contributed by atoms with Crippen molar-refractivity contribution in [2.24, 2.45) is 5.92 Å². The van der Waals surface area contributed by atoms with E-state index in [4.69, 9.17) is 0 Å². The summed E-state index contributed by atoms with van der Waals surface area (Å²) in [5, 5.41) is 0. The third-order valence-corrected chi connectivity index (χ3v) is 3.92. The molecular formula is C13H26N2. The third kappa shape index (κ3) is 3.76. The fraction of sp³-hybridized carbons (Fsp3) is 1.00. The highest BCUT2D eigenvalue weighted by Gasteiger charge is 2.17. The summed E-state index contributed by atoms with van der Waals surface area (Å²) in [6.07, 6.45) is 7.17. The molecule has 0 aromatic rings. The highest BCUT2D eigenvalue weighted by molar-refractivity contribution is 4.72. The van der Waals surface area contributed by atoms with E-state index in [-0.39, 0.29) is 0 Å². The second-order valence-corrected chi connectivity index (χ2v) is 5.45. The zero-order chi connectivity index (χ0) is 10.5. The summed E-state index contributed by atoms with van der Waals surface area (Å²) >= 11 is 0. The minimum Gasteiger partial charge on any atom is -0.302 e. The molecule has 2 heteroatoms. The minimum atomic E-state index is 0.931. The fourth-order valence-electron chi connectivity index (χ4n) is 2.96. The van der Waals surface area contributed by atoms with Crippen molar-refractivity contribution < 1.29 is 0 Å². The maximum absolute atomic E-state index is 2.67. The van der Waals surface area contributed by atoms with E-state index in [2.05, 4.69) is 16.7 Å². The summed E-state index contributed by atoms with van der Waals surface area (Å²) in [5.41, 5.74) is 0. The van der Waals surface area contributed by atoms with Gasteiger partial charge in [-0.15, -0.1) is 0 Å². The van der Waals surface area contributed by atoms with Gasteiger partial charge in [0, 0.05) is 19.6 Å². The highest BCUT2D eigenvalue weighted by Crippen LogP contribution is 2.15. The molecule has 0 aliphatic carbocycles. The predicted molar refractivity (Wildman–Crippen MR) is 65.1 cm³/mol. The molecule has 0 aromatic carbocycles. The Morgan fingerprint density at radius 2 is 1.53 bits per heavy atom. The van der Waals surface area contributed by atoms with Crippen molar-refractivity contribution >= 4 is 0 Å². The van der Waals surface area contributed by atoms with Crippen LogP contribution in [0.1, 0.15) is 39.0 Å². The number of rotatable bonds is 3. The average molecular weight is 210 g/mol. The van der Waals surface area contributed by atoms with Crippen LogP contribution >= 0.6 is 0 Å². The van der Waals surface area contributed by atoms with Gasteiger partial charge in [0.2, 0.25) is 0 Å². The SMILES string of the molecule is CC1CCCN(CCN2CCCCC2)C1. The molecule has 2 aliphatic heterocycles. The maximum Gasteiger partial charge on any atom is 0.0109 e. The molecule has 2 fully saturated rings. The summed E-state index contributed by atoms with van der Waals surface area (Å²) in [6, 6.07) is 0. The number of hydrogen-bond donors (Lipinski definition) is 0. The summed E-state index contributed by atoms with van der Waals surface area (Å²) in [7, 11) is 0. The summed E-state index contributed by atoms with van der Waals surface area (Å²) in [4.78, 5) is 5.32. The van der Waals surface area contributed by atoms with Crippen LogP contribution in [0, 0.1) is 5.92 Å². The summed E-state index contributed by atoms with van der Waals surface area (Å²) in [5.74, 6) is 0.931. The first-order valence-electron chi connectivity index (χ1n) is 6.79. The molecule has 2 saturated heterocycles. The molecule has 0 saturated carbocycles. The number of hydrogen-bond acceptors (Lipinski definition) is 2. The van der Waals surface area contributed by atoms with Crippen molar-refractivity contribution in [3.63, 3.8) is 0 Å². The molecule has 15 heavy (non-hydrogen) atoms. The second-order valence-electron chi connectivity index (χ2n) is 5.45. The maximum atomic E-state index is 2.67. The van der Waals surface area contributed by atoms with Crippen molar-refractivity contribution in [2.75, 3.05) is 39.3 Å². The number of likely N-dealkylation sites (tertiary alicyclic amines) is 2.